The Labute approximate surface area is 119 Å². The van der Waals surface area contributed by atoms with E-state index in [-0.39, 0.29) is 5.91 Å². The molecule has 1 amide bonds. The number of nitrogens with one attached hydrogen (secondary N) is 3. The Balaban J connectivity index is 1.68. The van der Waals surface area contributed by atoms with E-state index in [1.165, 1.54) is 0 Å². The lowest BCUT2D eigenvalue weighted by Crippen LogP contribution is -2.35. The van der Waals surface area contributed by atoms with Crippen molar-refractivity contribution < 1.29 is 4.79 Å². The Morgan fingerprint density at radius 1 is 1.30 bits per heavy atom. The zero-order valence-corrected chi connectivity index (χ0v) is 11.3. The third-order valence-corrected chi connectivity index (χ3v) is 3.76. The van der Waals surface area contributed by atoms with Crippen LogP contribution in [0.3, 0.4) is 0 Å². The number of hydrogen-bond acceptors (Lipinski definition) is 4. The Morgan fingerprint density at radius 3 is 3.00 bits per heavy atom. The van der Waals surface area contributed by atoms with Crippen molar-refractivity contribution in [3.63, 3.8) is 0 Å². The lowest BCUT2D eigenvalue weighted by atomic mass is 10.2. The first-order valence-electron chi connectivity index (χ1n) is 5.96. The molecule has 0 atom stereocenters. The number of hydrogen-bond donors (Lipinski definition) is 3. The van der Waals surface area contributed by atoms with Gasteiger partial charge in [-0.1, -0.05) is 12.6 Å². The molecule has 2 aromatic heterocycles. The number of aromatic amines is 1. The number of amides is 1. The molecular formula is C14H12N4OS. The van der Waals surface area contributed by atoms with Crippen molar-refractivity contribution in [2.75, 3.05) is 0 Å². The molecule has 0 unspecified atom stereocenters. The van der Waals surface area contributed by atoms with Crippen LogP contribution in [0.5, 0.6) is 0 Å². The number of thiophene rings is 1. The molecule has 0 radical (unpaired) electrons. The molecule has 5 nitrogen and oxygen atoms in total. The number of rotatable bonds is 4. The van der Waals surface area contributed by atoms with Gasteiger partial charge in [-0.15, -0.1) is 11.3 Å². The number of fused-ring (bicyclic) bond motifs is 1. The summed E-state index contributed by atoms with van der Waals surface area (Å²) in [4.78, 5) is 20.1. The van der Waals surface area contributed by atoms with Gasteiger partial charge in [0.1, 0.15) is 0 Å². The lowest BCUT2D eigenvalue weighted by molar-refractivity contribution is 0.0942. The van der Waals surface area contributed by atoms with Gasteiger partial charge in [0, 0.05) is 5.56 Å². The van der Waals surface area contributed by atoms with Crippen LogP contribution in [0.15, 0.2) is 48.6 Å². The molecule has 100 valence electrons. The molecule has 6 heteroatoms. The van der Waals surface area contributed by atoms with Gasteiger partial charge in [0.25, 0.3) is 5.91 Å². The largest absolute Gasteiger partial charge is 0.345 e. The van der Waals surface area contributed by atoms with Crippen molar-refractivity contribution >= 4 is 34.0 Å². The highest BCUT2D eigenvalue weighted by atomic mass is 32.1. The zero-order chi connectivity index (χ0) is 13.9. The quantitative estimate of drug-likeness (QED) is 0.645. The molecule has 1 aromatic carbocycles. The number of aromatic nitrogens is 2. The van der Waals surface area contributed by atoms with Crippen LogP contribution in [-0.2, 0) is 0 Å². The van der Waals surface area contributed by atoms with Crippen molar-refractivity contribution in [3.05, 3.63) is 59.1 Å². The van der Waals surface area contributed by atoms with E-state index >= 15 is 0 Å². The smallest absolute Gasteiger partial charge is 0.269 e. The third kappa shape index (κ3) is 2.41. The fourth-order valence-electron chi connectivity index (χ4n) is 1.79. The summed E-state index contributed by atoms with van der Waals surface area (Å²) >= 11 is 1.55. The summed E-state index contributed by atoms with van der Waals surface area (Å²) in [6, 6.07) is 9.15. The van der Waals surface area contributed by atoms with Crippen molar-refractivity contribution in [3.8, 4) is 0 Å². The minimum Gasteiger partial charge on any atom is -0.345 e. The van der Waals surface area contributed by atoms with Crippen LogP contribution < -0.4 is 10.9 Å². The van der Waals surface area contributed by atoms with E-state index in [4.69, 9.17) is 0 Å². The second-order valence-corrected chi connectivity index (χ2v) is 5.12. The maximum Gasteiger partial charge on any atom is 0.269 e. The Bertz CT molecular complexity index is 760. The first kappa shape index (κ1) is 12.4. The van der Waals surface area contributed by atoms with Gasteiger partial charge in [0.05, 0.1) is 27.9 Å². The molecule has 0 spiro atoms. The van der Waals surface area contributed by atoms with Gasteiger partial charge < -0.3 is 4.98 Å². The van der Waals surface area contributed by atoms with E-state index in [0.717, 1.165) is 15.9 Å². The van der Waals surface area contributed by atoms with E-state index in [1.54, 1.807) is 35.9 Å². The Hall–Kier alpha value is -2.60. The second kappa shape index (κ2) is 5.18. The summed E-state index contributed by atoms with van der Waals surface area (Å²) in [7, 11) is 0. The van der Waals surface area contributed by atoms with Gasteiger partial charge in [0.2, 0.25) is 0 Å². The lowest BCUT2D eigenvalue weighted by Gasteiger charge is -2.09. The molecule has 0 bridgehead atoms. The van der Waals surface area contributed by atoms with Gasteiger partial charge in [-0.25, -0.2) is 4.98 Å². The van der Waals surface area contributed by atoms with Crippen molar-refractivity contribution in [1.29, 1.82) is 0 Å². The van der Waals surface area contributed by atoms with E-state index in [2.05, 4.69) is 27.4 Å². The predicted molar refractivity (Wildman–Crippen MR) is 80.0 cm³/mol. The Kier molecular flexibility index (Phi) is 3.22. The van der Waals surface area contributed by atoms with E-state index in [0.29, 0.717) is 11.3 Å². The molecule has 3 aromatic rings. The standard InChI is InChI=1S/C14H12N4OS/c1-9(13-3-2-6-20-13)17-18-14(19)10-4-5-11-12(7-10)16-8-15-11/h2-8,17H,1H2,(H,15,16)(H,18,19). The predicted octanol–water partition coefficient (Wildman–Crippen LogP) is 2.53. The Morgan fingerprint density at radius 2 is 2.20 bits per heavy atom. The normalized spacial score (nSPS) is 10.4. The van der Waals surface area contributed by atoms with E-state index in [1.807, 2.05) is 17.5 Å². The molecule has 20 heavy (non-hydrogen) atoms. The van der Waals surface area contributed by atoms with Gasteiger partial charge in [0.15, 0.2) is 0 Å². The third-order valence-electron chi connectivity index (χ3n) is 2.83. The minimum absolute atomic E-state index is 0.223. The highest BCUT2D eigenvalue weighted by Crippen LogP contribution is 2.15. The summed E-state index contributed by atoms with van der Waals surface area (Å²) in [6.45, 7) is 3.87. The van der Waals surface area contributed by atoms with Gasteiger partial charge in [-0.3, -0.25) is 15.6 Å². The second-order valence-electron chi connectivity index (χ2n) is 4.17. The summed E-state index contributed by atoms with van der Waals surface area (Å²) in [6.07, 6.45) is 1.60. The summed E-state index contributed by atoms with van der Waals surface area (Å²) in [5.41, 5.74) is 8.32. The number of carbonyl (C=O) groups excluding carboxylic acids is 1. The summed E-state index contributed by atoms with van der Waals surface area (Å²) in [5.74, 6) is -0.223. The molecule has 2 heterocycles. The SMILES string of the molecule is C=C(NNC(=O)c1ccc2nc[nH]c2c1)c1cccs1. The maximum absolute atomic E-state index is 12.0. The average molecular weight is 284 g/mol. The summed E-state index contributed by atoms with van der Waals surface area (Å²) in [5, 5.41) is 1.95. The van der Waals surface area contributed by atoms with Crippen molar-refractivity contribution in [2.45, 2.75) is 0 Å². The van der Waals surface area contributed by atoms with Crippen LogP contribution in [0.25, 0.3) is 16.7 Å². The number of carbonyl (C=O) groups is 1. The molecule has 0 saturated carbocycles. The van der Waals surface area contributed by atoms with Crippen LogP contribution in [0.1, 0.15) is 15.2 Å². The monoisotopic (exact) mass is 284 g/mol. The number of nitrogens with zero attached hydrogens (tertiary/aromatic N) is 1. The molecule has 0 saturated heterocycles. The van der Waals surface area contributed by atoms with Gasteiger partial charge >= 0.3 is 0 Å². The summed E-state index contributed by atoms with van der Waals surface area (Å²) < 4.78 is 0. The number of imidazole rings is 1. The molecule has 0 aliphatic rings. The van der Waals surface area contributed by atoms with Gasteiger partial charge in [-0.05, 0) is 29.6 Å². The molecule has 3 rings (SSSR count). The number of hydrazine groups is 1. The molecule has 3 N–H and O–H groups in total. The zero-order valence-electron chi connectivity index (χ0n) is 10.5. The first-order chi connectivity index (χ1) is 9.74. The van der Waals surface area contributed by atoms with Crippen molar-refractivity contribution in [1.82, 2.24) is 20.8 Å². The molecule has 0 aliphatic carbocycles. The number of benzene rings is 1. The number of H-pyrrole nitrogens is 1. The topological polar surface area (TPSA) is 69.8 Å². The van der Waals surface area contributed by atoms with E-state index in [9.17, 15) is 4.79 Å². The highest BCUT2D eigenvalue weighted by molar-refractivity contribution is 7.11. The van der Waals surface area contributed by atoms with Crippen LogP contribution in [0.2, 0.25) is 0 Å². The fraction of sp³-hybridized carbons (Fsp3) is 0. The maximum atomic E-state index is 12.0. The average Bonchev–Trinajstić information content (AvgIpc) is 3.13. The molecule has 0 fully saturated rings. The first-order valence-corrected chi connectivity index (χ1v) is 6.84. The van der Waals surface area contributed by atoms with Crippen LogP contribution in [0.4, 0.5) is 0 Å². The minimum atomic E-state index is -0.223. The fourth-order valence-corrected chi connectivity index (χ4v) is 2.45. The van der Waals surface area contributed by atoms with E-state index < -0.39 is 0 Å². The van der Waals surface area contributed by atoms with Gasteiger partial charge in [-0.2, -0.15) is 0 Å². The molecular weight excluding hydrogens is 272 g/mol. The van der Waals surface area contributed by atoms with Crippen LogP contribution in [-0.4, -0.2) is 15.9 Å². The highest BCUT2D eigenvalue weighted by Gasteiger charge is 2.08. The molecule has 0 aliphatic heterocycles. The van der Waals surface area contributed by atoms with Crippen LogP contribution in [0, 0.1) is 0 Å². The van der Waals surface area contributed by atoms with Crippen molar-refractivity contribution in [2.24, 2.45) is 0 Å². The van der Waals surface area contributed by atoms with Crippen LogP contribution >= 0.6 is 11.3 Å².